The Morgan fingerprint density at radius 1 is 1.00 bits per heavy atom. The van der Waals surface area contributed by atoms with Gasteiger partial charge in [-0.15, -0.1) is 0 Å². The third-order valence-corrected chi connectivity index (χ3v) is 7.14. The maximum Gasteiger partial charge on any atom is 0.282 e. The second-order valence-corrected chi connectivity index (χ2v) is 10.3. The highest BCUT2D eigenvalue weighted by Gasteiger charge is 2.31. The molecular weight excluding hydrogens is 541 g/mol. The van der Waals surface area contributed by atoms with Gasteiger partial charge in [-0.2, -0.15) is 5.10 Å². The van der Waals surface area contributed by atoms with Crippen molar-refractivity contribution in [1.82, 2.24) is 14.8 Å². The molecule has 0 bridgehead atoms. The third kappa shape index (κ3) is 6.58. The van der Waals surface area contributed by atoms with E-state index < -0.39 is 41.3 Å². The van der Waals surface area contributed by atoms with Crippen LogP contribution in [-0.4, -0.2) is 26.3 Å². The van der Waals surface area contributed by atoms with Crippen LogP contribution < -0.4 is 0 Å². The van der Waals surface area contributed by atoms with Gasteiger partial charge in [0.1, 0.15) is 23.1 Å². The number of benzene rings is 2. The van der Waals surface area contributed by atoms with Crippen molar-refractivity contribution in [2.24, 2.45) is 0 Å². The zero-order valence-corrected chi connectivity index (χ0v) is 22.1. The molecule has 4 aromatic rings. The van der Waals surface area contributed by atoms with Crippen molar-refractivity contribution in [3.8, 4) is 11.1 Å². The van der Waals surface area contributed by atoms with E-state index in [1.807, 2.05) is 0 Å². The Morgan fingerprint density at radius 2 is 1.73 bits per heavy atom. The molecule has 1 atom stereocenters. The molecule has 1 aliphatic rings. The molecule has 10 heteroatoms. The molecule has 0 radical (unpaired) electrons. The van der Waals surface area contributed by atoms with E-state index in [0.717, 1.165) is 18.9 Å². The van der Waals surface area contributed by atoms with Crippen LogP contribution in [0.5, 0.6) is 0 Å². The molecule has 0 saturated heterocycles. The first-order valence-electron chi connectivity index (χ1n) is 13.2. The molecule has 0 aliphatic heterocycles. The molecule has 0 N–H and O–H groups in total. The Labute approximate surface area is 233 Å². The molecule has 41 heavy (non-hydrogen) atoms. The summed E-state index contributed by atoms with van der Waals surface area (Å²) >= 11 is 0. The SMILES string of the molecule is CC(=O)c1cc(-c2cccnc2[C@@H](CC(=O)Cn2nc(C(F)F)cc2C2CC2)Cc2cc(F)cc(F)c2)ccc1F. The lowest BCUT2D eigenvalue weighted by Crippen LogP contribution is -2.19. The van der Waals surface area contributed by atoms with Gasteiger partial charge in [-0.3, -0.25) is 19.3 Å². The number of carbonyl (C=O) groups excluding carboxylic acids is 2. The van der Waals surface area contributed by atoms with Crippen molar-refractivity contribution in [2.45, 2.75) is 57.4 Å². The van der Waals surface area contributed by atoms with Crippen LogP contribution >= 0.6 is 0 Å². The Balaban J connectivity index is 1.51. The third-order valence-electron chi connectivity index (χ3n) is 7.14. The standard InChI is InChI=1S/C31H26F5N3O2/c1-17(40)26-13-20(6-7-27(26)34)25-3-2-8-37-30(25)21(9-18-10-22(32)14-23(33)11-18)12-24(41)16-39-29(19-4-5-19)15-28(38-39)31(35)36/h2-3,6-8,10-11,13-15,19,21,31H,4-5,9,12,16H2,1H3/t21-/m1/s1. The normalized spacial score (nSPS) is 13.9. The average Bonchev–Trinajstić information content (AvgIpc) is 3.67. The largest absolute Gasteiger partial charge is 0.298 e. The molecule has 1 fully saturated rings. The summed E-state index contributed by atoms with van der Waals surface area (Å²) in [6, 6.07) is 11.8. The van der Waals surface area contributed by atoms with Crippen LogP contribution in [0.2, 0.25) is 0 Å². The van der Waals surface area contributed by atoms with Crippen LogP contribution in [0.4, 0.5) is 22.0 Å². The Hall–Kier alpha value is -4.21. The minimum Gasteiger partial charge on any atom is -0.298 e. The molecule has 2 aromatic carbocycles. The zero-order valence-electron chi connectivity index (χ0n) is 22.1. The van der Waals surface area contributed by atoms with Gasteiger partial charge in [0.05, 0.1) is 17.8 Å². The monoisotopic (exact) mass is 567 g/mol. The lowest BCUT2D eigenvalue weighted by Gasteiger charge is -2.20. The van der Waals surface area contributed by atoms with Crippen molar-refractivity contribution >= 4 is 11.6 Å². The van der Waals surface area contributed by atoms with E-state index in [1.165, 1.54) is 54.2 Å². The Morgan fingerprint density at radius 3 is 2.39 bits per heavy atom. The second kappa shape index (κ2) is 11.7. The number of pyridine rings is 1. The van der Waals surface area contributed by atoms with E-state index >= 15 is 0 Å². The minimum absolute atomic E-state index is 0.0298. The number of carbonyl (C=O) groups is 2. The highest BCUT2D eigenvalue weighted by atomic mass is 19.3. The fraction of sp³-hybridized carbons (Fsp3) is 0.290. The predicted molar refractivity (Wildman–Crippen MR) is 141 cm³/mol. The molecule has 1 saturated carbocycles. The maximum absolute atomic E-state index is 14.3. The van der Waals surface area contributed by atoms with E-state index in [9.17, 15) is 31.5 Å². The summed E-state index contributed by atoms with van der Waals surface area (Å²) in [5.74, 6) is -3.65. The number of halogens is 5. The molecule has 5 rings (SSSR count). The van der Waals surface area contributed by atoms with Gasteiger partial charge in [-0.1, -0.05) is 12.1 Å². The lowest BCUT2D eigenvalue weighted by molar-refractivity contribution is -0.120. The van der Waals surface area contributed by atoms with E-state index in [-0.39, 0.29) is 42.2 Å². The van der Waals surface area contributed by atoms with E-state index in [0.29, 0.717) is 22.5 Å². The number of hydrogen-bond acceptors (Lipinski definition) is 4. The first-order valence-corrected chi connectivity index (χ1v) is 13.2. The fourth-order valence-corrected chi connectivity index (χ4v) is 5.13. The van der Waals surface area contributed by atoms with Crippen LogP contribution in [0, 0.1) is 17.5 Å². The van der Waals surface area contributed by atoms with Crippen molar-refractivity contribution < 1.29 is 31.5 Å². The number of nitrogens with zero attached hydrogens (tertiary/aromatic N) is 3. The number of rotatable bonds is 11. The van der Waals surface area contributed by atoms with E-state index in [2.05, 4.69) is 10.1 Å². The van der Waals surface area contributed by atoms with E-state index in [4.69, 9.17) is 0 Å². The van der Waals surface area contributed by atoms with E-state index in [1.54, 1.807) is 12.1 Å². The van der Waals surface area contributed by atoms with Gasteiger partial charge >= 0.3 is 0 Å². The van der Waals surface area contributed by atoms with Crippen molar-refractivity contribution in [2.75, 3.05) is 0 Å². The minimum atomic E-state index is -2.77. The summed E-state index contributed by atoms with van der Waals surface area (Å²) in [4.78, 5) is 29.9. The van der Waals surface area contributed by atoms with Gasteiger partial charge in [0, 0.05) is 41.8 Å². The molecular formula is C31H26F5N3O2. The second-order valence-electron chi connectivity index (χ2n) is 10.3. The lowest BCUT2D eigenvalue weighted by atomic mass is 9.86. The van der Waals surface area contributed by atoms with Crippen molar-refractivity contribution in [1.29, 1.82) is 0 Å². The summed E-state index contributed by atoms with van der Waals surface area (Å²) in [6.45, 7) is 0.997. The molecule has 0 amide bonds. The summed E-state index contributed by atoms with van der Waals surface area (Å²) < 4.78 is 70.4. The topological polar surface area (TPSA) is 64.8 Å². The summed E-state index contributed by atoms with van der Waals surface area (Å²) in [7, 11) is 0. The first-order chi connectivity index (χ1) is 19.6. The van der Waals surface area contributed by atoms with Gasteiger partial charge in [-0.25, -0.2) is 22.0 Å². The highest BCUT2D eigenvalue weighted by molar-refractivity contribution is 5.95. The van der Waals surface area contributed by atoms with Crippen LogP contribution in [-0.2, 0) is 17.8 Å². The van der Waals surface area contributed by atoms with Crippen molar-refractivity contribution in [3.63, 3.8) is 0 Å². The number of alkyl halides is 2. The number of ketones is 2. The van der Waals surface area contributed by atoms with Gasteiger partial charge in [0.15, 0.2) is 11.6 Å². The molecule has 2 heterocycles. The number of hydrogen-bond donors (Lipinski definition) is 0. The molecule has 1 aliphatic carbocycles. The molecule has 0 unspecified atom stereocenters. The first kappa shape index (κ1) is 28.3. The molecule has 5 nitrogen and oxygen atoms in total. The van der Waals surface area contributed by atoms with Gasteiger partial charge in [-0.05, 0) is 73.7 Å². The molecule has 0 spiro atoms. The van der Waals surface area contributed by atoms with Crippen LogP contribution in [0.1, 0.15) is 77.5 Å². The van der Waals surface area contributed by atoms with Gasteiger partial charge < -0.3 is 0 Å². The quantitative estimate of drug-likeness (QED) is 0.140. The van der Waals surface area contributed by atoms with Crippen molar-refractivity contribution in [3.05, 3.63) is 106 Å². The highest BCUT2D eigenvalue weighted by Crippen LogP contribution is 2.41. The average molecular weight is 568 g/mol. The zero-order chi connectivity index (χ0) is 29.3. The van der Waals surface area contributed by atoms with Gasteiger partial charge in [0.2, 0.25) is 0 Å². The van der Waals surface area contributed by atoms with Crippen LogP contribution in [0.25, 0.3) is 11.1 Å². The summed E-state index contributed by atoms with van der Waals surface area (Å²) in [5.41, 5.74) is 1.77. The summed E-state index contributed by atoms with van der Waals surface area (Å²) in [6.07, 6.45) is 0.275. The number of aromatic nitrogens is 3. The molecule has 212 valence electrons. The van der Waals surface area contributed by atoms with Gasteiger partial charge in [0.25, 0.3) is 6.43 Å². The molecule has 2 aromatic heterocycles. The maximum atomic E-state index is 14.3. The smallest absolute Gasteiger partial charge is 0.282 e. The van der Waals surface area contributed by atoms with Crippen LogP contribution in [0.3, 0.4) is 0 Å². The fourth-order valence-electron chi connectivity index (χ4n) is 5.13. The Bertz CT molecular complexity index is 1590. The summed E-state index contributed by atoms with van der Waals surface area (Å²) in [5, 5.41) is 3.96. The predicted octanol–water partition coefficient (Wildman–Crippen LogP) is 7.37. The number of Topliss-reactive ketones (excluding diaryl/α,β-unsaturated/α-hetero) is 2. The Kier molecular flexibility index (Phi) is 8.10. The van der Waals surface area contributed by atoms with Crippen LogP contribution in [0.15, 0.2) is 60.8 Å².